The largest absolute Gasteiger partial charge is 0.316 e. The smallest absolute Gasteiger partial charge is 0.272 e. The third kappa shape index (κ3) is 1.19. The van der Waals surface area contributed by atoms with E-state index in [1.165, 1.54) is 0 Å². The zero-order valence-electron chi connectivity index (χ0n) is 6.90. The van der Waals surface area contributed by atoms with Crippen LogP contribution in [0.25, 0.3) is 0 Å². The van der Waals surface area contributed by atoms with Crippen LogP contribution in [0.3, 0.4) is 0 Å². The molecule has 76 valence electrons. The van der Waals surface area contributed by atoms with Gasteiger partial charge in [-0.25, -0.2) is 13.8 Å². The van der Waals surface area contributed by atoms with Crippen molar-refractivity contribution < 1.29 is 13.2 Å². The molecule has 0 radical (unpaired) electrons. The summed E-state index contributed by atoms with van der Waals surface area (Å²) >= 11 is 5.51. The number of alkyl halides is 2. The minimum atomic E-state index is -3.07. The van der Waals surface area contributed by atoms with E-state index in [-0.39, 0.29) is 10.6 Å². The molecular formula is C8H6ClF3N2. The summed E-state index contributed by atoms with van der Waals surface area (Å²) in [6.45, 7) is 0. The lowest BCUT2D eigenvalue weighted by Crippen LogP contribution is -2.28. The summed E-state index contributed by atoms with van der Waals surface area (Å²) < 4.78 is 38.7. The molecule has 1 aromatic rings. The molecule has 6 heteroatoms. The van der Waals surface area contributed by atoms with Crippen LogP contribution in [0.1, 0.15) is 12.0 Å². The summed E-state index contributed by atoms with van der Waals surface area (Å²) in [4.78, 5) is 3.24. The van der Waals surface area contributed by atoms with Gasteiger partial charge in [0.05, 0.1) is 5.02 Å². The molecule has 0 spiro atoms. The molecule has 1 heterocycles. The second kappa shape index (κ2) is 2.61. The van der Waals surface area contributed by atoms with Gasteiger partial charge in [-0.05, 0) is 6.07 Å². The van der Waals surface area contributed by atoms with Crippen molar-refractivity contribution in [3.8, 4) is 0 Å². The molecule has 1 fully saturated rings. The SMILES string of the molecule is NC1(c2cc(Cl)cnc2F)CC1(F)F. The molecule has 2 N–H and O–H groups in total. The van der Waals surface area contributed by atoms with Gasteiger partial charge in [-0.15, -0.1) is 0 Å². The molecule has 2 nitrogen and oxygen atoms in total. The Hall–Kier alpha value is -0.810. The fourth-order valence-electron chi connectivity index (χ4n) is 1.33. The first-order valence-electron chi connectivity index (χ1n) is 3.85. The van der Waals surface area contributed by atoms with E-state index >= 15 is 0 Å². The van der Waals surface area contributed by atoms with Gasteiger partial charge >= 0.3 is 0 Å². The highest BCUT2D eigenvalue weighted by molar-refractivity contribution is 6.30. The molecule has 1 atom stereocenters. The second-order valence-electron chi connectivity index (χ2n) is 3.34. The van der Waals surface area contributed by atoms with Crippen molar-refractivity contribution in [2.75, 3.05) is 0 Å². The first-order chi connectivity index (χ1) is 6.37. The Morgan fingerprint density at radius 2 is 2.07 bits per heavy atom. The van der Waals surface area contributed by atoms with Crippen LogP contribution in [-0.4, -0.2) is 10.9 Å². The van der Waals surface area contributed by atoms with E-state index in [1.54, 1.807) is 0 Å². The first kappa shape index (κ1) is 9.73. The first-order valence-corrected chi connectivity index (χ1v) is 4.23. The summed E-state index contributed by atoms with van der Waals surface area (Å²) in [6.07, 6.45) is 0.475. The van der Waals surface area contributed by atoms with E-state index in [4.69, 9.17) is 17.3 Å². The Morgan fingerprint density at radius 1 is 1.50 bits per heavy atom. The Bertz CT molecular complexity index is 396. The minimum absolute atomic E-state index is 0.0916. The number of nitrogens with zero attached hydrogens (tertiary/aromatic N) is 1. The van der Waals surface area contributed by atoms with E-state index < -0.39 is 23.8 Å². The summed E-state index contributed by atoms with van der Waals surface area (Å²) in [6, 6.07) is 1.09. The molecule has 0 aromatic carbocycles. The van der Waals surface area contributed by atoms with Crippen LogP contribution in [0.4, 0.5) is 13.2 Å². The Labute approximate surface area is 82.9 Å². The third-order valence-corrected chi connectivity index (χ3v) is 2.52. The van der Waals surface area contributed by atoms with Gasteiger partial charge in [0.2, 0.25) is 5.95 Å². The molecular weight excluding hydrogens is 217 g/mol. The molecule has 14 heavy (non-hydrogen) atoms. The van der Waals surface area contributed by atoms with Gasteiger partial charge in [0.1, 0.15) is 5.54 Å². The second-order valence-corrected chi connectivity index (χ2v) is 3.78. The highest BCUT2D eigenvalue weighted by Gasteiger charge is 2.71. The molecule has 1 aliphatic carbocycles. The average Bonchev–Trinajstić information content (AvgIpc) is 2.58. The fourth-order valence-corrected chi connectivity index (χ4v) is 1.49. The van der Waals surface area contributed by atoms with Crippen LogP contribution in [-0.2, 0) is 5.54 Å². The Morgan fingerprint density at radius 3 is 2.57 bits per heavy atom. The van der Waals surface area contributed by atoms with Gasteiger partial charge < -0.3 is 5.73 Å². The topological polar surface area (TPSA) is 38.9 Å². The van der Waals surface area contributed by atoms with Crippen molar-refractivity contribution in [1.82, 2.24) is 4.98 Å². The van der Waals surface area contributed by atoms with Crippen LogP contribution in [0.5, 0.6) is 0 Å². The van der Waals surface area contributed by atoms with Crippen LogP contribution in [0.2, 0.25) is 5.02 Å². The normalized spacial score (nSPS) is 28.9. The maximum Gasteiger partial charge on any atom is 0.272 e. The van der Waals surface area contributed by atoms with E-state index in [0.717, 1.165) is 12.3 Å². The predicted octanol–water partition coefficient (Wildman–Crippen LogP) is 2.07. The zero-order valence-corrected chi connectivity index (χ0v) is 7.65. The van der Waals surface area contributed by atoms with Gasteiger partial charge in [0.15, 0.2) is 0 Å². The van der Waals surface area contributed by atoms with Crippen molar-refractivity contribution >= 4 is 11.6 Å². The highest BCUT2D eigenvalue weighted by atomic mass is 35.5. The standard InChI is InChI=1S/C8H6ClF3N2/c9-4-1-5(6(10)14-2-4)7(13)3-8(7,11)12/h1-2H,3,13H2. The molecule has 0 aliphatic heterocycles. The maximum atomic E-state index is 13.1. The molecule has 1 aliphatic rings. The summed E-state index contributed by atoms with van der Waals surface area (Å²) in [7, 11) is 0. The van der Waals surface area contributed by atoms with Crippen LogP contribution in [0.15, 0.2) is 12.3 Å². The Kier molecular flexibility index (Phi) is 1.81. The summed E-state index contributed by atoms with van der Waals surface area (Å²) in [5.74, 6) is -4.06. The monoisotopic (exact) mass is 222 g/mol. The molecule has 2 rings (SSSR count). The third-order valence-electron chi connectivity index (χ3n) is 2.31. The number of pyridine rings is 1. The van der Waals surface area contributed by atoms with E-state index in [2.05, 4.69) is 4.98 Å². The van der Waals surface area contributed by atoms with E-state index in [1.807, 2.05) is 0 Å². The van der Waals surface area contributed by atoms with Gasteiger partial charge in [0.25, 0.3) is 5.92 Å². The summed E-state index contributed by atoms with van der Waals surface area (Å²) in [5.41, 5.74) is 3.07. The van der Waals surface area contributed by atoms with E-state index in [0.29, 0.717) is 0 Å². The number of halogens is 4. The Balaban J connectivity index is 2.48. The van der Waals surface area contributed by atoms with Gasteiger partial charge in [-0.3, -0.25) is 0 Å². The number of rotatable bonds is 1. The number of nitrogens with two attached hydrogens (primary N) is 1. The predicted molar refractivity (Wildman–Crippen MR) is 44.6 cm³/mol. The number of hydrogen-bond donors (Lipinski definition) is 1. The van der Waals surface area contributed by atoms with Crippen LogP contribution in [0, 0.1) is 5.95 Å². The highest BCUT2D eigenvalue weighted by Crippen LogP contribution is 2.57. The quantitative estimate of drug-likeness (QED) is 0.739. The lowest BCUT2D eigenvalue weighted by atomic mass is 10.1. The van der Waals surface area contributed by atoms with Gasteiger partial charge in [0, 0.05) is 18.2 Å². The van der Waals surface area contributed by atoms with Crippen molar-refractivity contribution in [2.24, 2.45) is 5.73 Å². The van der Waals surface area contributed by atoms with E-state index in [9.17, 15) is 13.2 Å². The summed E-state index contributed by atoms with van der Waals surface area (Å²) in [5, 5.41) is 0.0916. The molecule has 1 saturated carbocycles. The number of hydrogen-bond acceptors (Lipinski definition) is 2. The van der Waals surface area contributed by atoms with Crippen molar-refractivity contribution in [3.63, 3.8) is 0 Å². The zero-order chi connectivity index (χ0) is 10.6. The molecule has 1 aromatic heterocycles. The van der Waals surface area contributed by atoms with Crippen molar-refractivity contribution in [1.29, 1.82) is 0 Å². The van der Waals surface area contributed by atoms with Gasteiger partial charge in [-0.1, -0.05) is 11.6 Å². The molecule has 0 saturated heterocycles. The van der Waals surface area contributed by atoms with Crippen molar-refractivity contribution in [3.05, 3.63) is 28.8 Å². The maximum absolute atomic E-state index is 13.1. The minimum Gasteiger partial charge on any atom is -0.316 e. The van der Waals surface area contributed by atoms with Crippen molar-refractivity contribution in [2.45, 2.75) is 17.9 Å². The lowest BCUT2D eigenvalue weighted by Gasteiger charge is -2.10. The average molecular weight is 223 g/mol. The molecule has 0 amide bonds. The van der Waals surface area contributed by atoms with Crippen LogP contribution < -0.4 is 5.73 Å². The fraction of sp³-hybridized carbons (Fsp3) is 0.375. The lowest BCUT2D eigenvalue weighted by molar-refractivity contribution is 0.0879. The van der Waals surface area contributed by atoms with Gasteiger partial charge in [-0.2, -0.15) is 4.39 Å². The van der Waals surface area contributed by atoms with Crippen LogP contribution >= 0.6 is 11.6 Å². The number of aromatic nitrogens is 1. The molecule has 0 bridgehead atoms. The molecule has 1 unspecified atom stereocenters.